The number of hydrogen-bond donors (Lipinski definition) is 2. The van der Waals surface area contributed by atoms with Crippen LogP contribution in [0.3, 0.4) is 0 Å². The molecule has 0 aliphatic heterocycles. The molecule has 2 rings (SSSR count). The largest absolute Gasteiger partial charge is 0.397 e. The number of nitrogen functional groups attached to an aromatic ring is 1. The summed E-state index contributed by atoms with van der Waals surface area (Å²) in [5.41, 5.74) is 6.47. The van der Waals surface area contributed by atoms with E-state index in [9.17, 15) is 9.00 Å². The molecule has 0 fully saturated rings. The van der Waals surface area contributed by atoms with Crippen LogP contribution in [0.15, 0.2) is 18.2 Å². The molecule has 0 saturated carbocycles. The third-order valence-corrected chi connectivity index (χ3v) is 5.72. The summed E-state index contributed by atoms with van der Waals surface area (Å²) in [6.07, 6.45) is 1.62. The van der Waals surface area contributed by atoms with Crippen molar-refractivity contribution in [3.05, 3.63) is 28.1 Å². The number of hydrogen-bond acceptors (Lipinski definition) is 4. The summed E-state index contributed by atoms with van der Waals surface area (Å²) in [4.78, 5) is 12.6. The van der Waals surface area contributed by atoms with Crippen molar-refractivity contribution in [2.24, 2.45) is 0 Å². The molecular formula is C13H15ClN2O2S2. The molecule has 0 spiro atoms. The van der Waals surface area contributed by atoms with Crippen molar-refractivity contribution < 1.29 is 9.00 Å². The number of amides is 1. The third-order valence-electron chi connectivity index (χ3n) is 3.01. The van der Waals surface area contributed by atoms with Crippen LogP contribution in [0.25, 0.3) is 10.1 Å². The second kappa shape index (κ2) is 6.11. The minimum absolute atomic E-state index is 0.0935. The highest BCUT2D eigenvalue weighted by Crippen LogP contribution is 2.35. The van der Waals surface area contributed by atoms with Crippen molar-refractivity contribution in [3.63, 3.8) is 0 Å². The molecule has 0 bridgehead atoms. The molecule has 0 aliphatic rings. The molecule has 20 heavy (non-hydrogen) atoms. The number of carbonyl (C=O) groups is 1. The van der Waals surface area contributed by atoms with Crippen molar-refractivity contribution in [3.8, 4) is 0 Å². The zero-order valence-corrected chi connectivity index (χ0v) is 13.5. The van der Waals surface area contributed by atoms with Gasteiger partial charge in [0.05, 0.1) is 5.69 Å². The van der Waals surface area contributed by atoms with E-state index in [1.807, 2.05) is 13.0 Å². The summed E-state index contributed by atoms with van der Waals surface area (Å²) in [5.74, 6) is -0.239. The highest BCUT2D eigenvalue weighted by atomic mass is 35.5. The van der Waals surface area contributed by atoms with Gasteiger partial charge in [-0.25, -0.2) is 0 Å². The van der Waals surface area contributed by atoms with Crippen LogP contribution in [-0.4, -0.2) is 28.2 Å². The van der Waals surface area contributed by atoms with Crippen LogP contribution < -0.4 is 11.1 Å². The number of nitrogens with one attached hydrogen (secondary N) is 1. The molecule has 0 saturated heterocycles. The van der Waals surface area contributed by atoms with Gasteiger partial charge in [-0.1, -0.05) is 11.6 Å². The first-order valence-corrected chi connectivity index (χ1v) is 8.79. The summed E-state index contributed by atoms with van der Waals surface area (Å²) in [5, 5.41) is 4.11. The van der Waals surface area contributed by atoms with Gasteiger partial charge in [0.1, 0.15) is 4.88 Å². The highest BCUT2D eigenvalue weighted by Gasteiger charge is 2.17. The Bertz CT molecular complexity index is 684. The molecule has 0 radical (unpaired) electrons. The topological polar surface area (TPSA) is 72.2 Å². The Labute approximate surface area is 128 Å². The Hall–Kier alpha value is -1.11. The van der Waals surface area contributed by atoms with Crippen LogP contribution >= 0.6 is 22.9 Å². The first kappa shape index (κ1) is 15.3. The van der Waals surface area contributed by atoms with E-state index >= 15 is 0 Å². The molecule has 1 aromatic carbocycles. The lowest BCUT2D eigenvalue weighted by molar-refractivity contribution is 0.0959. The number of nitrogens with two attached hydrogens (primary N) is 1. The van der Waals surface area contributed by atoms with Crippen molar-refractivity contribution in [2.75, 3.05) is 18.5 Å². The second-order valence-corrected chi connectivity index (χ2v) is 7.80. The van der Waals surface area contributed by atoms with Gasteiger partial charge < -0.3 is 11.1 Å². The lowest BCUT2D eigenvalue weighted by Gasteiger charge is -2.09. The third kappa shape index (κ3) is 3.13. The van der Waals surface area contributed by atoms with Gasteiger partial charge in [-0.2, -0.15) is 0 Å². The molecule has 0 aliphatic carbocycles. The van der Waals surface area contributed by atoms with Crippen LogP contribution in [0.4, 0.5) is 5.69 Å². The number of halogens is 1. The van der Waals surface area contributed by atoms with E-state index in [0.717, 1.165) is 10.1 Å². The lowest BCUT2D eigenvalue weighted by Crippen LogP contribution is -2.32. The molecule has 4 nitrogen and oxygen atoms in total. The van der Waals surface area contributed by atoms with Gasteiger partial charge in [-0.3, -0.25) is 9.00 Å². The molecule has 1 amide bonds. The maximum atomic E-state index is 12.1. The van der Waals surface area contributed by atoms with Crippen molar-refractivity contribution >= 4 is 55.4 Å². The standard InChI is InChI=1S/C13H15ClN2O2S2/c1-7(20(2)18)6-16-13(17)12-11(15)9-4-3-8(14)5-10(9)19-12/h3-5,7H,6,15H2,1-2H3,(H,16,17). The molecule has 108 valence electrons. The van der Waals surface area contributed by atoms with Crippen molar-refractivity contribution in [1.29, 1.82) is 0 Å². The minimum Gasteiger partial charge on any atom is -0.397 e. The minimum atomic E-state index is -0.966. The molecule has 1 heterocycles. The van der Waals surface area contributed by atoms with Gasteiger partial charge in [-0.15, -0.1) is 11.3 Å². The molecule has 3 N–H and O–H groups in total. The van der Waals surface area contributed by atoms with E-state index in [1.54, 1.807) is 18.4 Å². The van der Waals surface area contributed by atoms with Gasteiger partial charge in [0.15, 0.2) is 0 Å². The molecule has 7 heteroatoms. The fourth-order valence-corrected chi connectivity index (χ4v) is 3.33. The van der Waals surface area contributed by atoms with E-state index in [1.165, 1.54) is 11.3 Å². The van der Waals surface area contributed by atoms with Gasteiger partial charge in [0.2, 0.25) is 0 Å². The molecule has 2 unspecified atom stereocenters. The summed E-state index contributed by atoms with van der Waals surface area (Å²) < 4.78 is 12.1. The zero-order valence-electron chi connectivity index (χ0n) is 11.1. The van der Waals surface area contributed by atoms with Crippen LogP contribution in [0, 0.1) is 0 Å². The maximum absolute atomic E-state index is 12.1. The first-order valence-electron chi connectivity index (χ1n) is 5.98. The summed E-state index contributed by atoms with van der Waals surface area (Å²) in [6.45, 7) is 2.18. The van der Waals surface area contributed by atoms with E-state index in [2.05, 4.69) is 5.32 Å². The normalized spacial score (nSPS) is 14.2. The molecule has 1 aromatic heterocycles. The Balaban J connectivity index is 2.22. The number of anilines is 1. The van der Waals surface area contributed by atoms with Crippen molar-refractivity contribution in [1.82, 2.24) is 5.32 Å². The maximum Gasteiger partial charge on any atom is 0.263 e. The second-order valence-electron chi connectivity index (χ2n) is 4.50. The lowest BCUT2D eigenvalue weighted by atomic mass is 10.2. The molecule has 2 atom stereocenters. The summed E-state index contributed by atoms with van der Waals surface area (Å²) in [7, 11) is -0.966. The van der Waals surface area contributed by atoms with Crippen LogP contribution in [0.2, 0.25) is 5.02 Å². The zero-order chi connectivity index (χ0) is 14.9. The first-order chi connectivity index (χ1) is 9.40. The van der Waals surface area contributed by atoms with Gasteiger partial charge in [0, 0.05) is 44.0 Å². The van der Waals surface area contributed by atoms with Gasteiger partial charge in [-0.05, 0) is 25.1 Å². The van der Waals surface area contributed by atoms with Crippen LogP contribution in [-0.2, 0) is 10.8 Å². The number of thiophene rings is 1. The predicted molar refractivity (Wildman–Crippen MR) is 87.1 cm³/mol. The Morgan fingerprint density at radius 1 is 1.55 bits per heavy atom. The van der Waals surface area contributed by atoms with Gasteiger partial charge in [0.25, 0.3) is 5.91 Å². The number of rotatable bonds is 4. The van der Waals surface area contributed by atoms with Crippen LogP contribution in [0.5, 0.6) is 0 Å². The van der Waals surface area contributed by atoms with E-state index in [-0.39, 0.29) is 11.2 Å². The fraction of sp³-hybridized carbons (Fsp3) is 0.308. The predicted octanol–water partition coefficient (Wildman–Crippen LogP) is 2.63. The van der Waals surface area contributed by atoms with Crippen molar-refractivity contribution in [2.45, 2.75) is 12.2 Å². The fourth-order valence-electron chi connectivity index (χ4n) is 1.69. The average Bonchev–Trinajstić information content (AvgIpc) is 2.72. The summed E-state index contributed by atoms with van der Waals surface area (Å²) >= 11 is 7.24. The number of benzene rings is 1. The number of carbonyl (C=O) groups excluding carboxylic acids is 1. The monoisotopic (exact) mass is 330 g/mol. The van der Waals surface area contributed by atoms with E-state index < -0.39 is 10.8 Å². The van der Waals surface area contributed by atoms with Gasteiger partial charge >= 0.3 is 0 Å². The average molecular weight is 331 g/mol. The van der Waals surface area contributed by atoms with E-state index in [0.29, 0.717) is 22.1 Å². The SMILES string of the molecule is CC(CNC(=O)c1sc2cc(Cl)ccc2c1N)S(C)=O. The van der Waals surface area contributed by atoms with E-state index in [4.69, 9.17) is 17.3 Å². The molecular weight excluding hydrogens is 316 g/mol. The Kier molecular flexibility index (Phi) is 4.67. The quantitative estimate of drug-likeness (QED) is 0.905. The number of fused-ring (bicyclic) bond motifs is 1. The Morgan fingerprint density at radius 3 is 2.90 bits per heavy atom. The van der Waals surface area contributed by atoms with Crippen LogP contribution in [0.1, 0.15) is 16.6 Å². The Morgan fingerprint density at radius 2 is 2.25 bits per heavy atom. The summed E-state index contributed by atoms with van der Waals surface area (Å²) in [6, 6.07) is 5.35. The molecule has 2 aromatic rings. The smallest absolute Gasteiger partial charge is 0.263 e. The highest BCUT2D eigenvalue weighted by molar-refractivity contribution is 7.84.